The molecule has 1 aromatic heterocycles. The molecule has 0 atom stereocenters. The standard InChI is InChI=1S/C45H50N6O5/c1-43(2,3)55-41(53)49-40(50-42(54)56-44(4,5)6)47-29-26-32-22-24-33(25-23-32)39(52)48-30-34-27-28-46-31-38(34)51-45(35-16-10-7-11-17-35,36-18-12-8-13-19-36)37-20-14-9-15-21-37/h7-25,27-28,31,51H,26,29-30H2,1-6H3,(H,48,52)(H2,47,49,50,53,54). The molecular weight excluding hydrogens is 705 g/mol. The van der Waals surface area contributed by atoms with Crippen molar-refractivity contribution in [1.29, 1.82) is 0 Å². The molecule has 0 saturated heterocycles. The molecule has 3 amide bonds. The summed E-state index contributed by atoms with van der Waals surface area (Å²) >= 11 is 0. The van der Waals surface area contributed by atoms with Gasteiger partial charge in [-0.15, -0.1) is 0 Å². The Balaban J connectivity index is 1.28. The molecule has 290 valence electrons. The number of nitrogens with zero attached hydrogens (tertiary/aromatic N) is 2. The van der Waals surface area contributed by atoms with Gasteiger partial charge >= 0.3 is 12.2 Å². The van der Waals surface area contributed by atoms with Crippen LogP contribution < -0.4 is 21.3 Å². The molecule has 0 spiro atoms. The second-order valence-corrected chi connectivity index (χ2v) is 15.1. The minimum atomic E-state index is -0.764. The third kappa shape index (κ3) is 11.5. The lowest BCUT2D eigenvalue weighted by Gasteiger charge is -2.38. The largest absolute Gasteiger partial charge is 0.444 e. The van der Waals surface area contributed by atoms with Gasteiger partial charge in [0.05, 0.1) is 11.9 Å². The van der Waals surface area contributed by atoms with Crippen molar-refractivity contribution in [2.45, 2.75) is 71.2 Å². The van der Waals surface area contributed by atoms with Crippen LogP contribution in [0.3, 0.4) is 0 Å². The van der Waals surface area contributed by atoms with Crippen LogP contribution in [0.1, 0.15) is 79.7 Å². The van der Waals surface area contributed by atoms with Gasteiger partial charge in [0.2, 0.25) is 5.96 Å². The number of aliphatic imine (C=N–C) groups is 1. The third-order valence-electron chi connectivity index (χ3n) is 8.42. The number of ether oxygens (including phenoxy) is 2. The Kier molecular flexibility index (Phi) is 13.2. The molecule has 0 unspecified atom stereocenters. The highest BCUT2D eigenvalue weighted by atomic mass is 16.6. The average molecular weight is 755 g/mol. The number of nitrogens with one attached hydrogen (secondary N) is 4. The van der Waals surface area contributed by atoms with Crippen LogP contribution in [0.2, 0.25) is 0 Å². The molecule has 1 heterocycles. The zero-order chi connectivity index (χ0) is 40.2. The number of anilines is 1. The lowest BCUT2D eigenvalue weighted by Crippen LogP contribution is -2.47. The van der Waals surface area contributed by atoms with Gasteiger partial charge in [-0.25, -0.2) is 9.59 Å². The third-order valence-corrected chi connectivity index (χ3v) is 8.42. The highest BCUT2D eigenvalue weighted by Gasteiger charge is 2.37. The summed E-state index contributed by atoms with van der Waals surface area (Å²) in [5.74, 6) is -0.328. The van der Waals surface area contributed by atoms with Gasteiger partial charge < -0.3 is 20.1 Å². The molecule has 0 aliphatic rings. The Morgan fingerprint density at radius 1 is 0.643 bits per heavy atom. The first kappa shape index (κ1) is 40.7. The van der Waals surface area contributed by atoms with Crippen LogP contribution in [0, 0.1) is 0 Å². The van der Waals surface area contributed by atoms with Crippen LogP contribution in [0.5, 0.6) is 0 Å². The number of hydrogen-bond acceptors (Lipinski definition) is 8. The molecule has 5 aromatic rings. The summed E-state index contributed by atoms with van der Waals surface area (Å²) in [5, 5.41) is 11.9. The summed E-state index contributed by atoms with van der Waals surface area (Å²) in [7, 11) is 0. The maximum atomic E-state index is 13.4. The number of pyridine rings is 1. The first-order valence-corrected chi connectivity index (χ1v) is 18.5. The van der Waals surface area contributed by atoms with Crippen molar-refractivity contribution in [3.8, 4) is 0 Å². The number of carbonyl (C=O) groups excluding carboxylic acids is 3. The number of alkyl carbamates (subject to hydrolysis) is 2. The first-order valence-electron chi connectivity index (χ1n) is 18.5. The van der Waals surface area contributed by atoms with Crippen LogP contribution in [0.4, 0.5) is 15.3 Å². The summed E-state index contributed by atoms with van der Waals surface area (Å²) in [6.45, 7) is 10.9. The summed E-state index contributed by atoms with van der Waals surface area (Å²) in [6, 6.07) is 40.0. The van der Waals surface area contributed by atoms with Gasteiger partial charge in [0.15, 0.2) is 0 Å². The van der Waals surface area contributed by atoms with Crippen LogP contribution in [-0.2, 0) is 28.0 Å². The van der Waals surface area contributed by atoms with Gasteiger partial charge in [0.25, 0.3) is 5.91 Å². The molecule has 0 bridgehead atoms. The molecule has 5 rings (SSSR count). The van der Waals surface area contributed by atoms with Crippen molar-refractivity contribution in [2.24, 2.45) is 4.99 Å². The second kappa shape index (κ2) is 18.2. The van der Waals surface area contributed by atoms with E-state index in [-0.39, 0.29) is 25.0 Å². The van der Waals surface area contributed by atoms with E-state index in [1.54, 1.807) is 66.1 Å². The maximum Gasteiger partial charge on any atom is 0.414 e. The molecule has 11 heteroatoms. The maximum absolute atomic E-state index is 13.4. The molecule has 0 fully saturated rings. The number of guanidine groups is 1. The van der Waals surface area contributed by atoms with Gasteiger partial charge in [0.1, 0.15) is 16.7 Å². The lowest BCUT2D eigenvalue weighted by molar-refractivity contribution is 0.0544. The Hall–Kier alpha value is -6.49. The molecule has 4 N–H and O–H groups in total. The fourth-order valence-electron chi connectivity index (χ4n) is 5.98. The average Bonchev–Trinajstić information content (AvgIpc) is 3.16. The minimum absolute atomic E-state index is 0.0944. The van der Waals surface area contributed by atoms with E-state index >= 15 is 0 Å². The van der Waals surface area contributed by atoms with Crippen LogP contribution in [-0.4, -0.2) is 46.8 Å². The van der Waals surface area contributed by atoms with E-state index in [0.717, 1.165) is 33.5 Å². The van der Waals surface area contributed by atoms with Crippen molar-refractivity contribution >= 4 is 29.7 Å². The number of benzene rings is 4. The second-order valence-electron chi connectivity index (χ2n) is 15.1. The predicted octanol–water partition coefficient (Wildman–Crippen LogP) is 8.36. The highest BCUT2D eigenvalue weighted by Crippen LogP contribution is 2.40. The molecule has 0 radical (unpaired) electrons. The topological polar surface area (TPSA) is 143 Å². The normalized spacial score (nSPS) is 11.5. The van der Waals surface area contributed by atoms with Crippen molar-refractivity contribution in [1.82, 2.24) is 20.9 Å². The number of rotatable bonds is 11. The molecule has 4 aromatic carbocycles. The first-order chi connectivity index (χ1) is 26.7. The molecule has 56 heavy (non-hydrogen) atoms. The number of hydrogen-bond donors (Lipinski definition) is 4. The lowest BCUT2D eigenvalue weighted by atomic mass is 9.76. The molecule has 11 nitrogen and oxygen atoms in total. The summed E-state index contributed by atoms with van der Waals surface area (Å²) in [4.78, 5) is 47.1. The number of amides is 3. The minimum Gasteiger partial charge on any atom is -0.444 e. The fourth-order valence-corrected chi connectivity index (χ4v) is 5.98. The van der Waals surface area contributed by atoms with Gasteiger partial charge in [0, 0.05) is 24.8 Å². The monoisotopic (exact) mass is 754 g/mol. The van der Waals surface area contributed by atoms with Crippen LogP contribution in [0.15, 0.2) is 139 Å². The van der Waals surface area contributed by atoms with E-state index < -0.39 is 28.9 Å². The van der Waals surface area contributed by atoms with Crippen LogP contribution >= 0.6 is 0 Å². The Morgan fingerprint density at radius 2 is 1.12 bits per heavy atom. The smallest absolute Gasteiger partial charge is 0.414 e. The quantitative estimate of drug-likeness (QED) is 0.0603. The zero-order valence-corrected chi connectivity index (χ0v) is 32.8. The molecular formula is C45H50N6O5. The number of aromatic nitrogens is 1. The fraction of sp³-hybridized carbons (Fsp3) is 0.267. The Bertz CT molecular complexity index is 1960. The zero-order valence-electron chi connectivity index (χ0n) is 32.8. The SMILES string of the molecule is CC(C)(C)OC(=O)NC(=NCCc1ccc(C(=O)NCc2ccncc2NC(c2ccccc2)(c2ccccc2)c2ccccc2)cc1)NC(=O)OC(C)(C)C. The van der Waals surface area contributed by atoms with Crippen LogP contribution in [0.25, 0.3) is 0 Å². The van der Waals surface area contributed by atoms with Crippen molar-refractivity contribution in [2.75, 3.05) is 11.9 Å². The molecule has 0 aliphatic carbocycles. The number of carbonyl (C=O) groups is 3. The summed E-state index contributed by atoms with van der Waals surface area (Å²) < 4.78 is 10.6. The van der Waals surface area contributed by atoms with E-state index in [4.69, 9.17) is 9.47 Å². The highest BCUT2D eigenvalue weighted by molar-refractivity contribution is 6.01. The van der Waals surface area contributed by atoms with E-state index in [9.17, 15) is 14.4 Å². The van der Waals surface area contributed by atoms with Crippen molar-refractivity contribution < 1.29 is 23.9 Å². The van der Waals surface area contributed by atoms with Gasteiger partial charge in [-0.1, -0.05) is 103 Å². The van der Waals surface area contributed by atoms with Crippen molar-refractivity contribution in [3.05, 3.63) is 167 Å². The van der Waals surface area contributed by atoms with E-state index in [0.29, 0.717) is 12.0 Å². The van der Waals surface area contributed by atoms with Gasteiger partial charge in [-0.2, -0.15) is 0 Å². The van der Waals surface area contributed by atoms with Gasteiger partial charge in [-0.3, -0.25) is 25.4 Å². The van der Waals surface area contributed by atoms with Gasteiger partial charge in [-0.05, 0) is 94.0 Å². The van der Waals surface area contributed by atoms with Crippen molar-refractivity contribution in [3.63, 3.8) is 0 Å². The van der Waals surface area contributed by atoms with E-state index in [1.807, 2.05) is 72.8 Å². The Labute approximate surface area is 329 Å². The van der Waals surface area contributed by atoms with E-state index in [2.05, 4.69) is 67.6 Å². The summed E-state index contributed by atoms with van der Waals surface area (Å²) in [6.07, 6.45) is 2.45. The Morgan fingerprint density at radius 3 is 1.59 bits per heavy atom. The van der Waals surface area contributed by atoms with E-state index in [1.165, 1.54) is 0 Å². The molecule has 0 aliphatic heterocycles. The molecule has 0 saturated carbocycles. The predicted molar refractivity (Wildman–Crippen MR) is 219 cm³/mol. The summed E-state index contributed by atoms with van der Waals surface area (Å²) in [5.41, 5.74) is 3.95.